The van der Waals surface area contributed by atoms with E-state index >= 15 is 0 Å². The summed E-state index contributed by atoms with van der Waals surface area (Å²) < 4.78 is 53.8. The highest BCUT2D eigenvalue weighted by Gasteiger charge is 2.27. The zero-order valence-electron chi connectivity index (χ0n) is 12.7. The van der Waals surface area contributed by atoms with Gasteiger partial charge in [-0.3, -0.25) is 9.03 Å². The van der Waals surface area contributed by atoms with Crippen LogP contribution in [-0.2, 0) is 20.2 Å². The summed E-state index contributed by atoms with van der Waals surface area (Å²) in [6.07, 6.45) is 1.51. The van der Waals surface area contributed by atoms with Crippen LogP contribution in [0.1, 0.15) is 25.3 Å². The average Bonchev–Trinajstić information content (AvgIpc) is 2.39. The Morgan fingerprint density at radius 1 is 1.27 bits per heavy atom. The van der Waals surface area contributed by atoms with E-state index in [0.29, 0.717) is 36.4 Å². The molecule has 0 saturated carbocycles. The van der Waals surface area contributed by atoms with E-state index in [4.69, 9.17) is 0 Å². The monoisotopic (exact) mass is 347 g/mol. The molecule has 0 aromatic heterocycles. The Balaban J connectivity index is 2.27. The largest absolute Gasteiger partial charge is 0.299 e. The van der Waals surface area contributed by atoms with Crippen molar-refractivity contribution in [3.05, 3.63) is 23.8 Å². The molecule has 7 nitrogen and oxygen atoms in total. The second kappa shape index (κ2) is 6.43. The third-order valence-corrected chi connectivity index (χ3v) is 6.43. The molecule has 1 aromatic rings. The molecule has 1 aliphatic rings. The number of hydrogen-bond acceptors (Lipinski definition) is 4. The fourth-order valence-electron chi connectivity index (χ4n) is 2.44. The van der Waals surface area contributed by atoms with Crippen LogP contribution in [0.5, 0.6) is 0 Å². The quantitative estimate of drug-likeness (QED) is 0.836. The molecule has 0 spiro atoms. The summed E-state index contributed by atoms with van der Waals surface area (Å²) in [5.74, 6) is 0.154. The molecule has 9 heteroatoms. The van der Waals surface area contributed by atoms with Crippen LogP contribution in [0.2, 0.25) is 0 Å². The van der Waals surface area contributed by atoms with Crippen molar-refractivity contribution in [2.24, 2.45) is 0 Å². The lowest BCUT2D eigenvalue weighted by atomic mass is 10.1. The normalized spacial score (nSPS) is 18.2. The minimum absolute atomic E-state index is 0.154. The van der Waals surface area contributed by atoms with Crippen molar-refractivity contribution in [2.75, 3.05) is 27.9 Å². The van der Waals surface area contributed by atoms with Gasteiger partial charge in [0.2, 0.25) is 10.0 Å². The smallest absolute Gasteiger partial charge is 0.271 e. The summed E-state index contributed by atoms with van der Waals surface area (Å²) in [5, 5.41) is 0. The van der Waals surface area contributed by atoms with Gasteiger partial charge in [0.05, 0.1) is 17.1 Å². The van der Waals surface area contributed by atoms with Crippen LogP contribution in [0.15, 0.2) is 18.2 Å². The van der Waals surface area contributed by atoms with Crippen molar-refractivity contribution in [3.63, 3.8) is 0 Å². The molecule has 0 atom stereocenters. The van der Waals surface area contributed by atoms with Gasteiger partial charge in [-0.1, -0.05) is 6.92 Å². The molecule has 0 amide bonds. The summed E-state index contributed by atoms with van der Waals surface area (Å²) in [6, 6.07) is 4.84. The maximum absolute atomic E-state index is 12.1. The third-order valence-electron chi connectivity index (χ3n) is 3.40. The van der Waals surface area contributed by atoms with E-state index < -0.39 is 20.2 Å². The first-order valence-electron chi connectivity index (χ1n) is 7.13. The number of anilines is 2. The highest BCUT2D eigenvalue weighted by Crippen LogP contribution is 2.29. The lowest BCUT2D eigenvalue weighted by molar-refractivity contribution is 0.574. The molecular formula is C13H21N3O4S2. The average molecular weight is 347 g/mol. The van der Waals surface area contributed by atoms with Gasteiger partial charge < -0.3 is 0 Å². The second-order valence-corrected chi connectivity index (χ2v) is 8.71. The van der Waals surface area contributed by atoms with Gasteiger partial charge in [-0.05, 0) is 43.5 Å². The van der Waals surface area contributed by atoms with E-state index in [0.717, 1.165) is 6.42 Å². The van der Waals surface area contributed by atoms with Crippen LogP contribution < -0.4 is 13.7 Å². The van der Waals surface area contributed by atoms with E-state index in [1.54, 1.807) is 32.0 Å². The molecule has 2 rings (SSSR count). The third kappa shape index (κ3) is 3.90. The Kier molecular flexibility index (Phi) is 4.98. The lowest BCUT2D eigenvalue weighted by Crippen LogP contribution is -2.38. The Hall–Kier alpha value is -1.32. The molecule has 1 heterocycles. The van der Waals surface area contributed by atoms with Gasteiger partial charge in [-0.15, -0.1) is 0 Å². The number of benzene rings is 1. The number of aryl methyl sites for hydroxylation is 1. The summed E-state index contributed by atoms with van der Waals surface area (Å²) in [5.41, 5.74) is 1.71. The van der Waals surface area contributed by atoms with Gasteiger partial charge in [0.25, 0.3) is 10.2 Å². The Bertz CT molecular complexity index is 745. The van der Waals surface area contributed by atoms with Gasteiger partial charge in [-0.25, -0.2) is 8.42 Å². The number of sulfonamides is 1. The zero-order valence-corrected chi connectivity index (χ0v) is 14.3. The van der Waals surface area contributed by atoms with Crippen LogP contribution in [0, 0.1) is 6.92 Å². The molecule has 0 aliphatic carbocycles. The maximum atomic E-state index is 12.1. The van der Waals surface area contributed by atoms with Crippen molar-refractivity contribution >= 4 is 31.6 Å². The standard InChI is InChI=1S/C13H21N3O4S2/c1-3-14-22(19,20)15-12-6-7-13(11(2)10-12)16-8-4-5-9-21(16,17)18/h6-7,10,14-15H,3-5,8-9H2,1-2H3. The molecule has 124 valence electrons. The van der Waals surface area contributed by atoms with E-state index in [1.807, 2.05) is 0 Å². The van der Waals surface area contributed by atoms with Crippen LogP contribution in [0.3, 0.4) is 0 Å². The topological polar surface area (TPSA) is 95.6 Å². The summed E-state index contributed by atoms with van der Waals surface area (Å²) in [7, 11) is -6.87. The molecule has 1 fully saturated rings. The minimum Gasteiger partial charge on any atom is -0.271 e. The van der Waals surface area contributed by atoms with Crippen LogP contribution in [0.25, 0.3) is 0 Å². The first-order valence-corrected chi connectivity index (χ1v) is 10.2. The van der Waals surface area contributed by atoms with Crippen molar-refractivity contribution in [1.82, 2.24) is 4.72 Å². The minimum atomic E-state index is -3.59. The number of nitrogens with one attached hydrogen (secondary N) is 2. The molecular weight excluding hydrogens is 326 g/mol. The maximum Gasteiger partial charge on any atom is 0.299 e. The first-order chi connectivity index (χ1) is 10.2. The van der Waals surface area contributed by atoms with E-state index in [1.165, 1.54) is 4.31 Å². The molecule has 1 saturated heterocycles. The van der Waals surface area contributed by atoms with Gasteiger partial charge in [-0.2, -0.15) is 13.1 Å². The number of hydrogen-bond donors (Lipinski definition) is 2. The first kappa shape index (κ1) is 17.0. The van der Waals surface area contributed by atoms with E-state index in [9.17, 15) is 16.8 Å². The predicted octanol–water partition coefficient (Wildman–Crippen LogP) is 1.19. The summed E-state index contributed by atoms with van der Waals surface area (Å²) in [6.45, 7) is 4.21. The molecule has 0 unspecified atom stereocenters. The number of nitrogens with zero attached hydrogens (tertiary/aromatic N) is 1. The Labute approximate surface area is 131 Å². The fraction of sp³-hybridized carbons (Fsp3) is 0.538. The van der Waals surface area contributed by atoms with E-state index in [-0.39, 0.29) is 5.75 Å². The second-order valence-electron chi connectivity index (χ2n) is 5.20. The van der Waals surface area contributed by atoms with Crippen LogP contribution in [0.4, 0.5) is 11.4 Å². The van der Waals surface area contributed by atoms with Crippen molar-refractivity contribution in [1.29, 1.82) is 0 Å². The van der Waals surface area contributed by atoms with Crippen molar-refractivity contribution in [3.8, 4) is 0 Å². The fourth-order valence-corrected chi connectivity index (χ4v) is 5.03. The van der Waals surface area contributed by atoms with Crippen molar-refractivity contribution in [2.45, 2.75) is 26.7 Å². The van der Waals surface area contributed by atoms with Gasteiger partial charge in [0.15, 0.2) is 0 Å². The summed E-state index contributed by atoms with van der Waals surface area (Å²) >= 11 is 0. The number of rotatable bonds is 5. The Morgan fingerprint density at radius 3 is 2.59 bits per heavy atom. The van der Waals surface area contributed by atoms with Gasteiger partial charge >= 0.3 is 0 Å². The molecule has 0 radical (unpaired) electrons. The highest BCUT2D eigenvalue weighted by molar-refractivity contribution is 7.92. The van der Waals surface area contributed by atoms with Gasteiger partial charge in [0.1, 0.15) is 0 Å². The predicted molar refractivity (Wildman–Crippen MR) is 87.8 cm³/mol. The molecule has 1 aliphatic heterocycles. The molecule has 1 aromatic carbocycles. The molecule has 0 bridgehead atoms. The summed E-state index contributed by atoms with van der Waals surface area (Å²) in [4.78, 5) is 0. The van der Waals surface area contributed by atoms with E-state index in [2.05, 4.69) is 9.44 Å². The van der Waals surface area contributed by atoms with Crippen LogP contribution in [-0.4, -0.2) is 35.7 Å². The highest BCUT2D eigenvalue weighted by atomic mass is 32.2. The van der Waals surface area contributed by atoms with Crippen molar-refractivity contribution < 1.29 is 16.8 Å². The lowest BCUT2D eigenvalue weighted by Gasteiger charge is -2.29. The van der Waals surface area contributed by atoms with Crippen LogP contribution >= 0.6 is 0 Å². The SMILES string of the molecule is CCNS(=O)(=O)Nc1ccc(N2CCCCS2(=O)=O)c(C)c1. The Morgan fingerprint density at radius 2 is 2.00 bits per heavy atom. The van der Waals surface area contributed by atoms with Gasteiger partial charge in [0, 0.05) is 13.1 Å². The molecule has 2 N–H and O–H groups in total. The molecule has 22 heavy (non-hydrogen) atoms. The zero-order chi connectivity index (χ0) is 16.4.